The second-order valence-corrected chi connectivity index (χ2v) is 10.4. The summed E-state index contributed by atoms with van der Waals surface area (Å²) >= 11 is 12.6. The number of pyridine rings is 1. The molecule has 1 atom stereocenters. The Morgan fingerprint density at radius 1 is 1.10 bits per heavy atom. The van der Waals surface area contributed by atoms with E-state index in [0.29, 0.717) is 34.1 Å². The van der Waals surface area contributed by atoms with Crippen LogP contribution in [0.3, 0.4) is 0 Å². The van der Waals surface area contributed by atoms with Crippen molar-refractivity contribution < 1.29 is 37.3 Å². The molecule has 5 rings (SSSR count). The van der Waals surface area contributed by atoms with E-state index in [9.17, 15) is 23.6 Å². The number of para-hydroxylation sites is 1. The number of aromatic nitrogens is 1. The van der Waals surface area contributed by atoms with Gasteiger partial charge < -0.3 is 24.3 Å². The summed E-state index contributed by atoms with van der Waals surface area (Å²) in [7, 11) is 0. The van der Waals surface area contributed by atoms with Crippen LogP contribution in [0.25, 0.3) is 0 Å². The van der Waals surface area contributed by atoms with Crippen molar-refractivity contribution in [2.45, 2.75) is 38.4 Å². The monoisotopic (exact) mass is 592 g/mol. The summed E-state index contributed by atoms with van der Waals surface area (Å²) in [5, 5.41) is 11.9. The molecule has 2 aliphatic rings. The largest absolute Gasteiger partial charge is 0.619 e. The number of carbonyl (C=O) groups is 2. The number of amides is 1. The Morgan fingerprint density at radius 2 is 1.82 bits per heavy atom. The second kappa shape index (κ2) is 11.9. The van der Waals surface area contributed by atoms with Crippen molar-refractivity contribution in [2.24, 2.45) is 5.92 Å². The Balaban J connectivity index is 1.44. The number of alkyl halides is 2. The van der Waals surface area contributed by atoms with Gasteiger partial charge in [0.1, 0.15) is 22.7 Å². The second-order valence-electron chi connectivity index (χ2n) is 9.60. The first-order valence-corrected chi connectivity index (χ1v) is 13.3. The first-order chi connectivity index (χ1) is 19.2. The molecule has 0 bridgehead atoms. The minimum absolute atomic E-state index is 0.0497. The number of nitrogens with zero attached hydrogens (tertiary/aromatic N) is 2. The zero-order chi connectivity index (χ0) is 28.4. The number of hydrogen-bond donors (Lipinski definition) is 0. The quantitative estimate of drug-likeness (QED) is 0.167. The van der Waals surface area contributed by atoms with Crippen LogP contribution in [0.5, 0.6) is 11.5 Å². The number of hydrogen-bond acceptors (Lipinski definition) is 6. The van der Waals surface area contributed by atoms with E-state index in [4.69, 9.17) is 32.7 Å². The molecule has 3 aromatic rings. The van der Waals surface area contributed by atoms with Crippen LogP contribution in [-0.2, 0) is 27.2 Å². The molecule has 210 valence electrons. The highest BCUT2D eigenvalue weighted by Crippen LogP contribution is 2.38. The number of rotatable bonds is 11. The fourth-order valence-electron chi connectivity index (χ4n) is 4.48. The van der Waals surface area contributed by atoms with E-state index in [-0.39, 0.29) is 46.8 Å². The maximum atomic E-state index is 13.2. The van der Waals surface area contributed by atoms with E-state index in [1.54, 1.807) is 12.1 Å². The first kappa shape index (κ1) is 27.9. The van der Waals surface area contributed by atoms with E-state index < -0.39 is 18.7 Å². The van der Waals surface area contributed by atoms with Crippen LogP contribution in [0.4, 0.5) is 14.5 Å². The molecule has 0 spiro atoms. The summed E-state index contributed by atoms with van der Waals surface area (Å²) in [4.78, 5) is 27.1. The lowest BCUT2D eigenvalue weighted by molar-refractivity contribution is -0.605. The minimum atomic E-state index is -3.07. The lowest BCUT2D eigenvalue weighted by Gasteiger charge is -2.23. The van der Waals surface area contributed by atoms with Crippen LogP contribution in [-0.4, -0.2) is 31.6 Å². The highest BCUT2D eigenvalue weighted by atomic mass is 35.5. The van der Waals surface area contributed by atoms with Gasteiger partial charge in [-0.25, -0.2) is 0 Å². The third-order valence-electron chi connectivity index (χ3n) is 6.66. The highest BCUT2D eigenvalue weighted by molar-refractivity contribution is 6.35. The number of ether oxygens (including phenoxy) is 3. The number of fused-ring (bicyclic) bond motifs is 1. The molecule has 1 aliphatic heterocycles. The number of halogens is 4. The molecule has 0 N–H and O–H groups in total. The predicted molar refractivity (Wildman–Crippen MR) is 142 cm³/mol. The molecule has 1 saturated carbocycles. The first-order valence-electron chi connectivity index (χ1n) is 12.5. The smallest absolute Gasteiger partial charge is 0.387 e. The van der Waals surface area contributed by atoms with Crippen molar-refractivity contribution in [1.82, 2.24) is 0 Å². The van der Waals surface area contributed by atoms with E-state index >= 15 is 0 Å². The summed E-state index contributed by atoms with van der Waals surface area (Å²) in [5.74, 6) is -0.721. The molecule has 1 unspecified atom stereocenters. The van der Waals surface area contributed by atoms with Gasteiger partial charge in [0, 0.05) is 17.7 Å². The van der Waals surface area contributed by atoms with Crippen molar-refractivity contribution in [1.29, 1.82) is 0 Å². The molecule has 0 saturated heterocycles. The average Bonchev–Trinajstić information content (AvgIpc) is 3.67. The Bertz CT molecular complexity index is 1410. The molecule has 1 aliphatic carbocycles. The van der Waals surface area contributed by atoms with Crippen LogP contribution in [0.15, 0.2) is 54.9 Å². The molecule has 40 heavy (non-hydrogen) atoms. The summed E-state index contributed by atoms with van der Waals surface area (Å²) < 4.78 is 42.8. The third-order valence-corrected chi connectivity index (χ3v) is 7.31. The van der Waals surface area contributed by atoms with Gasteiger partial charge in [0.15, 0.2) is 23.9 Å². The third kappa shape index (κ3) is 6.56. The van der Waals surface area contributed by atoms with Crippen LogP contribution in [0, 0.1) is 11.1 Å². The summed E-state index contributed by atoms with van der Waals surface area (Å²) in [6.07, 6.45) is 3.29. The van der Waals surface area contributed by atoms with E-state index in [1.807, 2.05) is 12.1 Å². The fourth-order valence-corrected chi connectivity index (χ4v) is 5.08. The maximum absolute atomic E-state index is 13.2. The zero-order valence-corrected chi connectivity index (χ0v) is 22.5. The van der Waals surface area contributed by atoms with Gasteiger partial charge in [0.05, 0.1) is 13.0 Å². The van der Waals surface area contributed by atoms with Crippen LogP contribution >= 0.6 is 23.2 Å². The van der Waals surface area contributed by atoms with Gasteiger partial charge in [-0.2, -0.15) is 13.5 Å². The topological polar surface area (TPSA) is 92.0 Å². The highest BCUT2D eigenvalue weighted by Gasteiger charge is 2.31. The van der Waals surface area contributed by atoms with Gasteiger partial charge in [0.25, 0.3) is 0 Å². The SMILES string of the molecule is O=C(CN1C(=O)Cc2ccccc21)OC(Cc1c(Cl)c[n+]([O-])cc1Cl)c1ccc(OC(F)F)c(OCC2CC2)c1. The summed E-state index contributed by atoms with van der Waals surface area (Å²) in [5.41, 5.74) is 2.15. The van der Waals surface area contributed by atoms with Gasteiger partial charge in [-0.15, -0.1) is 0 Å². The van der Waals surface area contributed by atoms with Crippen LogP contribution in [0.1, 0.15) is 35.6 Å². The normalized spacial score (nSPS) is 15.2. The van der Waals surface area contributed by atoms with Gasteiger partial charge in [0.2, 0.25) is 5.91 Å². The van der Waals surface area contributed by atoms with Gasteiger partial charge >= 0.3 is 12.6 Å². The number of esters is 1. The van der Waals surface area contributed by atoms with Crippen molar-refractivity contribution >= 4 is 40.8 Å². The average molecular weight is 593 g/mol. The maximum Gasteiger partial charge on any atom is 0.387 e. The summed E-state index contributed by atoms with van der Waals surface area (Å²) in [6, 6.07) is 11.4. The van der Waals surface area contributed by atoms with E-state index in [2.05, 4.69) is 4.74 Å². The molecule has 1 aromatic heterocycles. The lowest BCUT2D eigenvalue weighted by Crippen LogP contribution is -2.34. The Kier molecular flexibility index (Phi) is 8.27. The predicted octanol–water partition coefficient (Wildman–Crippen LogP) is 5.43. The van der Waals surface area contributed by atoms with Crippen LogP contribution in [0.2, 0.25) is 10.0 Å². The standard InChI is InChI=1S/C28H24Cl2F2N2O6/c29-20-12-33(37)13-21(30)19(20)11-24(39-27(36)14-34-22-4-2-1-3-17(22)10-26(34)35)18-7-8-23(40-28(31)32)25(9-18)38-15-16-5-6-16/h1-4,7-9,12-13,16,24,28H,5-6,10-11,14-15H2. The zero-order valence-electron chi connectivity index (χ0n) is 21.0. The lowest BCUT2D eigenvalue weighted by atomic mass is 10.0. The molecule has 8 nitrogen and oxygen atoms in total. The van der Waals surface area contributed by atoms with E-state index in [0.717, 1.165) is 30.8 Å². The minimum Gasteiger partial charge on any atom is -0.619 e. The molecular weight excluding hydrogens is 569 g/mol. The summed E-state index contributed by atoms with van der Waals surface area (Å²) in [6.45, 7) is -3.09. The molecule has 1 fully saturated rings. The van der Waals surface area contributed by atoms with Gasteiger partial charge in [-0.05, 0) is 48.1 Å². The Hall–Kier alpha value is -3.63. The fraction of sp³-hybridized carbons (Fsp3) is 0.321. The Labute approximate surface area is 238 Å². The van der Waals surface area contributed by atoms with Gasteiger partial charge in [-0.1, -0.05) is 47.5 Å². The number of anilines is 1. The van der Waals surface area contributed by atoms with Crippen molar-refractivity contribution in [2.75, 3.05) is 18.1 Å². The molecule has 1 amide bonds. The van der Waals surface area contributed by atoms with E-state index in [1.165, 1.54) is 23.1 Å². The molecule has 0 radical (unpaired) electrons. The Morgan fingerprint density at radius 3 is 2.52 bits per heavy atom. The molecule has 2 heterocycles. The van der Waals surface area contributed by atoms with Crippen molar-refractivity contribution in [3.05, 3.63) is 86.8 Å². The van der Waals surface area contributed by atoms with Gasteiger partial charge in [-0.3, -0.25) is 9.59 Å². The van der Waals surface area contributed by atoms with Crippen molar-refractivity contribution in [3.63, 3.8) is 0 Å². The van der Waals surface area contributed by atoms with Crippen molar-refractivity contribution in [3.8, 4) is 11.5 Å². The number of benzene rings is 2. The molecule has 2 aromatic carbocycles. The van der Waals surface area contributed by atoms with Crippen LogP contribution < -0.4 is 19.1 Å². The molecule has 12 heteroatoms. The molecular formula is C28H24Cl2F2N2O6. The number of carbonyl (C=O) groups excluding carboxylic acids is 2.